The van der Waals surface area contributed by atoms with Crippen molar-refractivity contribution in [3.8, 4) is 11.1 Å². The van der Waals surface area contributed by atoms with E-state index in [1.807, 2.05) is 61.5 Å². The summed E-state index contributed by atoms with van der Waals surface area (Å²) in [7, 11) is 0. The van der Waals surface area contributed by atoms with Gasteiger partial charge in [-0.1, -0.05) is 65.3 Å². The fraction of sp³-hybridized carbons (Fsp3) is 0.0833. The molecule has 0 spiro atoms. The van der Waals surface area contributed by atoms with Gasteiger partial charge in [0, 0.05) is 45.1 Å². The number of carbonyl (C=O) groups excluding carboxylic acids is 1. The molecule has 2 aromatic heterocycles. The molecule has 156 valence electrons. The number of carbonyl (C=O) groups is 1. The number of hydrogen-bond acceptors (Lipinski definition) is 3. The van der Waals surface area contributed by atoms with Gasteiger partial charge in [-0.2, -0.15) is 0 Å². The van der Waals surface area contributed by atoms with Crippen LogP contribution in [0, 0.1) is 6.92 Å². The number of nitrogens with zero attached hydrogens (tertiary/aromatic N) is 2. The average Bonchev–Trinajstić information content (AvgIpc) is 3.00. The lowest BCUT2D eigenvalue weighted by atomic mass is 10.0. The molecule has 2 aromatic carbocycles. The van der Waals surface area contributed by atoms with Gasteiger partial charge in [-0.25, -0.2) is 0 Å². The summed E-state index contributed by atoms with van der Waals surface area (Å²) in [4.78, 5) is 17.5. The summed E-state index contributed by atoms with van der Waals surface area (Å²) >= 11 is 14.0. The van der Waals surface area contributed by atoms with Gasteiger partial charge < -0.3 is 10.3 Å². The van der Waals surface area contributed by atoms with Gasteiger partial charge in [0.2, 0.25) is 0 Å². The zero-order valence-corrected chi connectivity index (χ0v) is 19.0. The summed E-state index contributed by atoms with van der Waals surface area (Å²) in [5.74, 6) is -0.462. The summed E-state index contributed by atoms with van der Waals surface area (Å²) in [6, 6.07) is 19.1. The van der Waals surface area contributed by atoms with Crippen molar-refractivity contribution in [1.82, 2.24) is 9.55 Å². The molecule has 0 aliphatic rings. The maximum Gasteiger partial charge on any atom is 0.251 e. The first-order valence-corrected chi connectivity index (χ1v) is 11.1. The first-order chi connectivity index (χ1) is 14.9. The molecule has 2 heterocycles. The van der Waals surface area contributed by atoms with Crippen molar-refractivity contribution in [1.29, 1.82) is 0 Å². The van der Waals surface area contributed by atoms with Crippen LogP contribution in [0.25, 0.3) is 11.1 Å². The molecule has 0 bridgehead atoms. The van der Waals surface area contributed by atoms with Crippen LogP contribution in [0.3, 0.4) is 0 Å². The Balaban J connectivity index is 1.96. The third-order valence-electron chi connectivity index (χ3n) is 4.93. The predicted molar refractivity (Wildman–Crippen MR) is 127 cm³/mol. The van der Waals surface area contributed by atoms with E-state index in [1.54, 1.807) is 18.5 Å². The summed E-state index contributed by atoms with van der Waals surface area (Å²) in [6.45, 7) is 2.49. The minimum Gasteiger partial charge on any atom is -0.366 e. The number of rotatable bonds is 6. The lowest BCUT2D eigenvalue weighted by Gasteiger charge is -2.13. The molecule has 1 amide bonds. The van der Waals surface area contributed by atoms with Gasteiger partial charge in [0.05, 0.1) is 10.6 Å². The molecule has 0 radical (unpaired) electrons. The highest BCUT2D eigenvalue weighted by Crippen LogP contribution is 2.43. The number of primary amides is 1. The van der Waals surface area contributed by atoms with E-state index in [4.69, 9.17) is 28.9 Å². The Hall–Kier alpha value is -2.73. The van der Waals surface area contributed by atoms with Crippen LogP contribution in [0.5, 0.6) is 0 Å². The Morgan fingerprint density at radius 1 is 1.03 bits per heavy atom. The van der Waals surface area contributed by atoms with Crippen LogP contribution in [0.15, 0.2) is 83.0 Å². The molecular formula is C24H19Cl2N3OS. The van der Waals surface area contributed by atoms with Gasteiger partial charge in [-0.05, 0) is 48.4 Å². The average molecular weight is 468 g/mol. The van der Waals surface area contributed by atoms with Crippen molar-refractivity contribution in [2.24, 2.45) is 5.73 Å². The van der Waals surface area contributed by atoms with Crippen LogP contribution in [0.4, 0.5) is 0 Å². The molecule has 0 aliphatic carbocycles. The molecular weight excluding hydrogens is 449 g/mol. The largest absolute Gasteiger partial charge is 0.366 e. The number of nitrogens with two attached hydrogens (primary N) is 1. The maximum atomic E-state index is 12.5. The van der Waals surface area contributed by atoms with Gasteiger partial charge in [-0.3, -0.25) is 9.78 Å². The fourth-order valence-corrected chi connectivity index (χ4v) is 5.43. The zero-order chi connectivity index (χ0) is 22.0. The summed E-state index contributed by atoms with van der Waals surface area (Å²) < 4.78 is 2.11. The summed E-state index contributed by atoms with van der Waals surface area (Å²) in [5, 5.41) is 2.00. The molecule has 4 nitrogen and oxygen atoms in total. The van der Waals surface area contributed by atoms with E-state index in [-0.39, 0.29) is 0 Å². The summed E-state index contributed by atoms with van der Waals surface area (Å²) in [5.41, 5.74) is 9.96. The van der Waals surface area contributed by atoms with Crippen LogP contribution < -0.4 is 5.73 Å². The van der Waals surface area contributed by atoms with E-state index in [1.165, 1.54) is 11.8 Å². The topological polar surface area (TPSA) is 60.9 Å². The van der Waals surface area contributed by atoms with Crippen molar-refractivity contribution in [2.75, 3.05) is 0 Å². The maximum absolute atomic E-state index is 12.5. The van der Waals surface area contributed by atoms with Crippen molar-refractivity contribution in [3.05, 3.63) is 99.9 Å². The SMILES string of the molecule is Cc1c(C(N)=O)c(-c2ccccc2)c(Sc2cc(Cl)cc(Cl)c2)n1Cc1ccncc1. The molecule has 0 saturated heterocycles. The van der Waals surface area contributed by atoms with Gasteiger partial charge >= 0.3 is 0 Å². The number of amides is 1. The minimum absolute atomic E-state index is 0.462. The molecule has 2 N–H and O–H groups in total. The smallest absolute Gasteiger partial charge is 0.251 e. The van der Waals surface area contributed by atoms with Crippen molar-refractivity contribution in [2.45, 2.75) is 23.4 Å². The molecule has 0 aliphatic heterocycles. The standard InChI is InChI=1S/C24H19Cl2N3OS/c1-15-21(23(27)30)22(17-5-3-2-4-6-17)24(29(15)14-16-7-9-28-10-8-16)31-20-12-18(25)11-19(26)13-20/h2-13H,14H2,1H3,(H2,27,30). The van der Waals surface area contributed by atoms with Crippen LogP contribution in [-0.2, 0) is 6.54 Å². The Morgan fingerprint density at radius 3 is 2.29 bits per heavy atom. The van der Waals surface area contributed by atoms with E-state index >= 15 is 0 Å². The molecule has 0 saturated carbocycles. The highest BCUT2D eigenvalue weighted by molar-refractivity contribution is 7.99. The Morgan fingerprint density at radius 2 is 1.68 bits per heavy atom. The number of halogens is 2. The Bertz CT molecular complexity index is 1220. The third-order valence-corrected chi connectivity index (χ3v) is 6.45. The van der Waals surface area contributed by atoms with Gasteiger partial charge in [0.15, 0.2) is 0 Å². The van der Waals surface area contributed by atoms with E-state index in [0.29, 0.717) is 22.2 Å². The second-order valence-electron chi connectivity index (χ2n) is 7.02. The highest BCUT2D eigenvalue weighted by Gasteiger charge is 2.26. The molecule has 7 heteroatoms. The predicted octanol–water partition coefficient (Wildman–Crippen LogP) is 6.46. The molecule has 31 heavy (non-hydrogen) atoms. The van der Waals surface area contributed by atoms with Gasteiger partial charge in [0.25, 0.3) is 5.91 Å². The first-order valence-electron chi connectivity index (χ1n) is 9.55. The van der Waals surface area contributed by atoms with Crippen molar-refractivity contribution < 1.29 is 4.79 Å². The van der Waals surface area contributed by atoms with Gasteiger partial charge in [0.1, 0.15) is 0 Å². The Labute approximate surface area is 195 Å². The Kier molecular flexibility index (Phi) is 6.37. The minimum atomic E-state index is -0.462. The highest BCUT2D eigenvalue weighted by atomic mass is 35.5. The van der Waals surface area contributed by atoms with E-state index in [2.05, 4.69) is 9.55 Å². The molecule has 0 unspecified atom stereocenters. The van der Waals surface area contributed by atoms with Crippen LogP contribution in [0.2, 0.25) is 10.0 Å². The molecule has 4 rings (SSSR count). The first kappa shape index (κ1) is 21.5. The lowest BCUT2D eigenvalue weighted by molar-refractivity contribution is 0.1000. The van der Waals surface area contributed by atoms with E-state index in [0.717, 1.165) is 32.3 Å². The molecule has 4 aromatic rings. The lowest BCUT2D eigenvalue weighted by Crippen LogP contribution is -2.13. The van der Waals surface area contributed by atoms with E-state index in [9.17, 15) is 4.79 Å². The second kappa shape index (κ2) is 9.18. The second-order valence-corrected chi connectivity index (χ2v) is 8.95. The monoisotopic (exact) mass is 467 g/mol. The fourth-order valence-electron chi connectivity index (χ4n) is 3.55. The quantitative estimate of drug-likeness (QED) is 0.353. The zero-order valence-electron chi connectivity index (χ0n) is 16.7. The van der Waals surface area contributed by atoms with Crippen LogP contribution in [0.1, 0.15) is 21.6 Å². The van der Waals surface area contributed by atoms with Crippen molar-refractivity contribution >= 4 is 40.9 Å². The number of aromatic nitrogens is 2. The van der Waals surface area contributed by atoms with Crippen LogP contribution >= 0.6 is 35.0 Å². The normalized spacial score (nSPS) is 10.9. The van der Waals surface area contributed by atoms with Crippen molar-refractivity contribution in [3.63, 3.8) is 0 Å². The molecule has 0 atom stereocenters. The molecule has 0 fully saturated rings. The van der Waals surface area contributed by atoms with Crippen LogP contribution in [-0.4, -0.2) is 15.5 Å². The van der Waals surface area contributed by atoms with Gasteiger partial charge in [-0.15, -0.1) is 0 Å². The number of pyridine rings is 1. The number of benzene rings is 2. The summed E-state index contributed by atoms with van der Waals surface area (Å²) in [6.07, 6.45) is 3.51. The third kappa shape index (κ3) is 4.64. The van der Waals surface area contributed by atoms with E-state index < -0.39 is 5.91 Å². The number of hydrogen-bond donors (Lipinski definition) is 1.